The van der Waals surface area contributed by atoms with Crippen molar-refractivity contribution in [3.8, 4) is 5.75 Å². The molecule has 0 aliphatic carbocycles. The number of nitrogens with zero attached hydrogens (tertiary/aromatic N) is 2. The minimum absolute atomic E-state index is 0.618. The average Bonchev–Trinajstić information content (AvgIpc) is 3.27. The number of ether oxygens (including phenoxy) is 2. The molecule has 0 saturated carbocycles. The summed E-state index contributed by atoms with van der Waals surface area (Å²) in [4.78, 5) is 4.87. The Labute approximate surface area is 184 Å². The number of aliphatic imine (C=N–C) groups is 1. The Hall–Kier alpha value is -3.37. The van der Waals surface area contributed by atoms with Crippen LogP contribution in [0.15, 0.2) is 89.9 Å². The van der Waals surface area contributed by atoms with E-state index in [1.54, 1.807) is 7.11 Å². The van der Waals surface area contributed by atoms with Crippen LogP contribution in [0.4, 0.5) is 0 Å². The van der Waals surface area contributed by atoms with Crippen molar-refractivity contribution in [1.82, 2.24) is 5.32 Å². The predicted molar refractivity (Wildman–Crippen MR) is 126 cm³/mol. The number of amidine groups is 1. The van der Waals surface area contributed by atoms with Crippen LogP contribution in [0.1, 0.15) is 36.0 Å². The van der Waals surface area contributed by atoms with Gasteiger partial charge in [0.05, 0.1) is 25.1 Å². The second kappa shape index (κ2) is 10.6. The Morgan fingerprint density at radius 3 is 2.00 bits per heavy atom. The lowest BCUT2D eigenvalue weighted by atomic mass is 10.1. The molecule has 1 heterocycles. The Morgan fingerprint density at radius 1 is 0.710 bits per heavy atom. The maximum Gasteiger partial charge on any atom is 0.129 e. The summed E-state index contributed by atoms with van der Waals surface area (Å²) in [5.74, 6) is 1.76. The lowest BCUT2D eigenvalue weighted by molar-refractivity contribution is 0.117. The van der Waals surface area contributed by atoms with Crippen LogP contribution in [-0.4, -0.2) is 19.6 Å². The number of hydrogen-bond donors (Lipinski definition) is 0. The quantitative estimate of drug-likeness (QED) is 0.389. The maximum atomic E-state index is 5.82. The van der Waals surface area contributed by atoms with Crippen LogP contribution < -0.4 is 10.1 Å². The van der Waals surface area contributed by atoms with Gasteiger partial charge in [-0.25, -0.2) is 10.3 Å². The fourth-order valence-corrected chi connectivity index (χ4v) is 3.49. The van der Waals surface area contributed by atoms with Crippen molar-refractivity contribution in [2.75, 3.05) is 13.7 Å². The van der Waals surface area contributed by atoms with Crippen molar-refractivity contribution in [2.45, 2.75) is 25.9 Å². The van der Waals surface area contributed by atoms with Crippen molar-refractivity contribution in [3.63, 3.8) is 0 Å². The van der Waals surface area contributed by atoms with E-state index in [2.05, 4.69) is 24.3 Å². The lowest BCUT2D eigenvalue weighted by Gasteiger charge is -2.07. The van der Waals surface area contributed by atoms with E-state index >= 15 is 0 Å². The summed E-state index contributed by atoms with van der Waals surface area (Å²) >= 11 is 0. The molecule has 0 fully saturated rings. The van der Waals surface area contributed by atoms with Crippen LogP contribution in [0, 0.1) is 0 Å². The normalized spacial score (nSPS) is 13.1. The van der Waals surface area contributed by atoms with Gasteiger partial charge in [0.2, 0.25) is 0 Å². The van der Waals surface area contributed by atoms with E-state index in [0.717, 1.165) is 65.5 Å². The molecule has 157 valence electrons. The third kappa shape index (κ3) is 5.62. The highest BCUT2D eigenvalue weighted by atomic mass is 16.5. The first-order valence-electron chi connectivity index (χ1n) is 10.7. The lowest BCUT2D eigenvalue weighted by Crippen LogP contribution is -2.10. The van der Waals surface area contributed by atoms with Crippen molar-refractivity contribution in [3.05, 3.63) is 102 Å². The fourth-order valence-electron chi connectivity index (χ4n) is 3.49. The molecule has 0 spiro atoms. The first-order valence-corrected chi connectivity index (χ1v) is 10.7. The summed E-state index contributed by atoms with van der Waals surface area (Å²) in [6.07, 6.45) is 2.82. The second-order valence-corrected chi connectivity index (χ2v) is 7.43. The van der Waals surface area contributed by atoms with Gasteiger partial charge in [-0.3, -0.25) is 0 Å². The van der Waals surface area contributed by atoms with E-state index in [1.165, 1.54) is 0 Å². The van der Waals surface area contributed by atoms with E-state index in [1.807, 2.05) is 60.7 Å². The van der Waals surface area contributed by atoms with Gasteiger partial charge in [0.25, 0.3) is 0 Å². The van der Waals surface area contributed by atoms with Crippen LogP contribution in [0.3, 0.4) is 0 Å². The summed E-state index contributed by atoms with van der Waals surface area (Å²) in [6, 6.07) is 28.6. The van der Waals surface area contributed by atoms with Gasteiger partial charge in [-0.05, 0) is 30.5 Å². The predicted octanol–water partition coefficient (Wildman–Crippen LogP) is 5.92. The van der Waals surface area contributed by atoms with Crippen molar-refractivity contribution in [2.24, 2.45) is 4.99 Å². The SMILES string of the molecule is COc1ccc(COCCCCC2=NC(c3ccccc3)=C(c3ccccc3)[N]2)cc1. The van der Waals surface area contributed by atoms with E-state index in [4.69, 9.17) is 19.8 Å². The molecule has 1 aliphatic rings. The van der Waals surface area contributed by atoms with Gasteiger partial charge in [-0.2, -0.15) is 0 Å². The summed E-state index contributed by atoms with van der Waals surface area (Å²) in [5.41, 5.74) is 5.26. The van der Waals surface area contributed by atoms with Crippen molar-refractivity contribution in [1.29, 1.82) is 0 Å². The number of unbranched alkanes of at least 4 members (excludes halogenated alkanes) is 1. The first kappa shape index (κ1) is 20.9. The second-order valence-electron chi connectivity index (χ2n) is 7.43. The van der Waals surface area contributed by atoms with Gasteiger partial charge in [-0.1, -0.05) is 72.8 Å². The molecular formula is C27H27N2O2. The number of rotatable bonds is 10. The summed E-state index contributed by atoms with van der Waals surface area (Å²) in [5, 5.41) is 4.87. The third-order valence-electron chi connectivity index (χ3n) is 5.17. The standard InChI is InChI=1S/C27H27N2O2/c1-30-24-17-15-21(16-18-24)20-31-19-9-8-14-25-28-26(22-10-4-2-5-11-22)27(29-25)23-12-6-3-7-13-23/h2-7,10-13,15-18H,8-9,14,19-20H2,1H3. The van der Waals surface area contributed by atoms with Gasteiger partial charge < -0.3 is 9.47 Å². The van der Waals surface area contributed by atoms with Gasteiger partial charge >= 0.3 is 0 Å². The summed E-state index contributed by atoms with van der Waals surface area (Å²) < 4.78 is 11.0. The monoisotopic (exact) mass is 411 g/mol. The smallest absolute Gasteiger partial charge is 0.129 e. The molecule has 4 rings (SSSR count). The minimum atomic E-state index is 0.618. The molecule has 4 heteroatoms. The van der Waals surface area contributed by atoms with Crippen LogP contribution in [0.2, 0.25) is 0 Å². The summed E-state index contributed by atoms with van der Waals surface area (Å²) in [6.45, 7) is 1.34. The Kier molecular flexibility index (Phi) is 7.14. The molecule has 1 radical (unpaired) electrons. The highest BCUT2D eigenvalue weighted by Gasteiger charge is 2.21. The molecule has 3 aromatic carbocycles. The molecule has 0 atom stereocenters. The highest BCUT2D eigenvalue weighted by Crippen LogP contribution is 2.31. The molecule has 0 bridgehead atoms. The molecule has 0 unspecified atom stereocenters. The van der Waals surface area contributed by atoms with Gasteiger partial charge in [0, 0.05) is 24.2 Å². The first-order chi connectivity index (χ1) is 15.3. The number of methoxy groups -OCH3 is 1. The Bertz CT molecular complexity index is 1030. The molecule has 0 N–H and O–H groups in total. The van der Waals surface area contributed by atoms with E-state index < -0.39 is 0 Å². The highest BCUT2D eigenvalue weighted by molar-refractivity contribution is 6.07. The van der Waals surface area contributed by atoms with E-state index in [-0.39, 0.29) is 0 Å². The molecule has 31 heavy (non-hydrogen) atoms. The van der Waals surface area contributed by atoms with Crippen LogP contribution in [-0.2, 0) is 11.3 Å². The third-order valence-corrected chi connectivity index (χ3v) is 5.17. The van der Waals surface area contributed by atoms with E-state index in [0.29, 0.717) is 6.61 Å². The average molecular weight is 412 g/mol. The minimum Gasteiger partial charge on any atom is -0.497 e. The Morgan fingerprint density at radius 2 is 1.35 bits per heavy atom. The van der Waals surface area contributed by atoms with Crippen molar-refractivity contribution < 1.29 is 9.47 Å². The molecule has 0 aromatic heterocycles. The molecule has 4 nitrogen and oxygen atoms in total. The number of benzene rings is 3. The van der Waals surface area contributed by atoms with Crippen LogP contribution in [0.25, 0.3) is 11.4 Å². The zero-order chi connectivity index (χ0) is 21.3. The Balaban J connectivity index is 1.28. The molecule has 0 amide bonds. The van der Waals surface area contributed by atoms with Crippen LogP contribution in [0.5, 0.6) is 5.75 Å². The van der Waals surface area contributed by atoms with Crippen LogP contribution >= 0.6 is 0 Å². The maximum absolute atomic E-state index is 5.82. The fraction of sp³-hybridized carbons (Fsp3) is 0.222. The van der Waals surface area contributed by atoms with E-state index in [9.17, 15) is 0 Å². The number of hydrogen-bond acceptors (Lipinski definition) is 3. The zero-order valence-corrected chi connectivity index (χ0v) is 17.8. The molecule has 0 saturated heterocycles. The largest absolute Gasteiger partial charge is 0.497 e. The topological polar surface area (TPSA) is 44.9 Å². The summed E-state index contributed by atoms with van der Waals surface area (Å²) in [7, 11) is 1.67. The van der Waals surface area contributed by atoms with Gasteiger partial charge in [0.1, 0.15) is 11.6 Å². The van der Waals surface area contributed by atoms with Gasteiger partial charge in [-0.15, -0.1) is 0 Å². The van der Waals surface area contributed by atoms with Crippen molar-refractivity contribution >= 4 is 17.2 Å². The molecular weight excluding hydrogens is 384 g/mol. The molecule has 1 aliphatic heterocycles. The molecule has 3 aromatic rings. The van der Waals surface area contributed by atoms with Gasteiger partial charge in [0.15, 0.2) is 0 Å². The zero-order valence-electron chi connectivity index (χ0n) is 17.8.